The van der Waals surface area contributed by atoms with Crippen LogP contribution in [0.15, 0.2) is 18.5 Å². The van der Waals surface area contributed by atoms with Crippen LogP contribution in [0.5, 0.6) is 0 Å². The molecule has 6 heteroatoms. The summed E-state index contributed by atoms with van der Waals surface area (Å²) in [6, 6.07) is 1.74. The summed E-state index contributed by atoms with van der Waals surface area (Å²) in [4.78, 5) is 12.3. The molecule has 0 aliphatic carbocycles. The van der Waals surface area contributed by atoms with Crippen LogP contribution in [0.4, 0.5) is 0 Å². The van der Waals surface area contributed by atoms with Crippen LogP contribution in [0, 0.1) is 5.92 Å². The van der Waals surface area contributed by atoms with Gasteiger partial charge in [-0.05, 0) is 23.6 Å². The van der Waals surface area contributed by atoms with E-state index in [0.717, 1.165) is 6.42 Å². The average Bonchev–Trinajstić information content (AvgIpc) is 2.60. The molecule has 0 saturated carbocycles. The Balaban J connectivity index is 2.32. The lowest BCUT2D eigenvalue weighted by Crippen LogP contribution is -2.03. The lowest BCUT2D eigenvalue weighted by Gasteiger charge is -1.98. The standard InChI is InChI=1S/C10H12ClN5/c1-7(2)6-8-14-9(11)16(15-8)10-12-4-3-5-13-10/h3-5,7H,6H2,1-2H3. The van der Waals surface area contributed by atoms with E-state index in [4.69, 9.17) is 11.6 Å². The van der Waals surface area contributed by atoms with Gasteiger partial charge < -0.3 is 0 Å². The molecule has 5 nitrogen and oxygen atoms in total. The highest BCUT2D eigenvalue weighted by Gasteiger charge is 2.11. The molecule has 2 aromatic heterocycles. The number of hydrogen-bond acceptors (Lipinski definition) is 4. The second kappa shape index (κ2) is 4.57. The Bertz CT molecular complexity index is 465. The first-order valence-corrected chi connectivity index (χ1v) is 5.43. The third kappa shape index (κ3) is 2.36. The van der Waals surface area contributed by atoms with Gasteiger partial charge in [0.2, 0.25) is 5.28 Å². The first-order valence-electron chi connectivity index (χ1n) is 5.05. The average molecular weight is 238 g/mol. The van der Waals surface area contributed by atoms with Crippen molar-refractivity contribution in [3.63, 3.8) is 0 Å². The van der Waals surface area contributed by atoms with Gasteiger partial charge in [0.15, 0.2) is 5.82 Å². The van der Waals surface area contributed by atoms with Crippen LogP contribution in [0.2, 0.25) is 5.28 Å². The maximum absolute atomic E-state index is 5.97. The van der Waals surface area contributed by atoms with Crippen molar-refractivity contribution in [2.75, 3.05) is 0 Å². The quantitative estimate of drug-likeness (QED) is 0.818. The fourth-order valence-corrected chi connectivity index (χ4v) is 1.52. The van der Waals surface area contributed by atoms with E-state index in [1.54, 1.807) is 18.5 Å². The Labute approximate surface area is 98.5 Å². The van der Waals surface area contributed by atoms with E-state index in [0.29, 0.717) is 23.0 Å². The Morgan fingerprint density at radius 1 is 1.31 bits per heavy atom. The SMILES string of the molecule is CC(C)Cc1nc(Cl)n(-c2ncccn2)n1. The molecule has 0 N–H and O–H groups in total. The highest BCUT2D eigenvalue weighted by molar-refractivity contribution is 6.28. The molecule has 2 heterocycles. The zero-order valence-electron chi connectivity index (χ0n) is 9.13. The molecule has 16 heavy (non-hydrogen) atoms. The second-order valence-electron chi connectivity index (χ2n) is 3.86. The van der Waals surface area contributed by atoms with Gasteiger partial charge in [0.25, 0.3) is 5.95 Å². The van der Waals surface area contributed by atoms with E-state index in [1.807, 2.05) is 0 Å². The smallest absolute Gasteiger partial charge is 0.220 e. The summed E-state index contributed by atoms with van der Waals surface area (Å²) in [6.45, 7) is 4.21. The number of rotatable bonds is 3. The van der Waals surface area contributed by atoms with Crippen LogP contribution >= 0.6 is 11.6 Å². The van der Waals surface area contributed by atoms with Gasteiger partial charge in [-0.3, -0.25) is 0 Å². The topological polar surface area (TPSA) is 56.5 Å². The van der Waals surface area contributed by atoms with Crippen LogP contribution in [0.1, 0.15) is 19.7 Å². The summed E-state index contributed by atoms with van der Waals surface area (Å²) in [5, 5.41) is 4.56. The van der Waals surface area contributed by atoms with Gasteiger partial charge in [-0.15, -0.1) is 5.10 Å². The summed E-state index contributed by atoms with van der Waals surface area (Å²) < 4.78 is 1.44. The van der Waals surface area contributed by atoms with Gasteiger partial charge in [0.05, 0.1) is 0 Å². The summed E-state index contributed by atoms with van der Waals surface area (Å²) in [7, 11) is 0. The fraction of sp³-hybridized carbons (Fsp3) is 0.400. The predicted molar refractivity (Wildman–Crippen MR) is 60.5 cm³/mol. The Morgan fingerprint density at radius 3 is 2.62 bits per heavy atom. The van der Waals surface area contributed by atoms with Gasteiger partial charge in [0, 0.05) is 18.8 Å². The van der Waals surface area contributed by atoms with E-state index in [1.165, 1.54) is 4.68 Å². The van der Waals surface area contributed by atoms with Crippen LogP contribution in [0.3, 0.4) is 0 Å². The minimum Gasteiger partial charge on any atom is -0.220 e. The van der Waals surface area contributed by atoms with E-state index >= 15 is 0 Å². The fourth-order valence-electron chi connectivity index (χ4n) is 1.31. The molecule has 0 bridgehead atoms. The first kappa shape index (κ1) is 11.0. The monoisotopic (exact) mass is 237 g/mol. The number of halogens is 1. The Morgan fingerprint density at radius 2 is 2.00 bits per heavy atom. The molecule has 84 valence electrons. The van der Waals surface area contributed by atoms with Crippen LogP contribution in [0.25, 0.3) is 5.95 Å². The highest BCUT2D eigenvalue weighted by Crippen LogP contribution is 2.12. The number of hydrogen-bond donors (Lipinski definition) is 0. The molecule has 0 atom stereocenters. The van der Waals surface area contributed by atoms with Crippen molar-refractivity contribution >= 4 is 11.6 Å². The molecule has 2 rings (SSSR count). The molecule has 2 aromatic rings. The summed E-state index contributed by atoms with van der Waals surface area (Å²) >= 11 is 5.97. The molecule has 0 unspecified atom stereocenters. The molecule has 0 fully saturated rings. The molecule has 0 spiro atoms. The van der Waals surface area contributed by atoms with Gasteiger partial charge >= 0.3 is 0 Å². The molecule has 0 aliphatic rings. The van der Waals surface area contributed by atoms with Gasteiger partial charge in [-0.1, -0.05) is 13.8 Å². The summed E-state index contributed by atoms with van der Waals surface area (Å²) in [6.07, 6.45) is 4.07. The molecular formula is C10H12ClN5. The summed E-state index contributed by atoms with van der Waals surface area (Å²) in [5.41, 5.74) is 0. The number of nitrogens with zero attached hydrogens (tertiary/aromatic N) is 5. The zero-order valence-corrected chi connectivity index (χ0v) is 9.89. The maximum atomic E-state index is 5.97. The lowest BCUT2D eigenvalue weighted by atomic mass is 10.1. The van der Waals surface area contributed by atoms with Crippen molar-refractivity contribution < 1.29 is 0 Å². The largest absolute Gasteiger partial charge is 0.253 e. The first-order chi connectivity index (χ1) is 7.66. The Hall–Kier alpha value is -1.49. The lowest BCUT2D eigenvalue weighted by molar-refractivity contribution is 0.617. The third-order valence-corrected chi connectivity index (χ3v) is 2.19. The van der Waals surface area contributed by atoms with Crippen LogP contribution < -0.4 is 0 Å². The third-order valence-electron chi connectivity index (χ3n) is 1.94. The highest BCUT2D eigenvalue weighted by atomic mass is 35.5. The van der Waals surface area contributed by atoms with E-state index in [-0.39, 0.29) is 0 Å². The zero-order chi connectivity index (χ0) is 11.5. The maximum Gasteiger partial charge on any atom is 0.253 e. The van der Waals surface area contributed by atoms with Crippen molar-refractivity contribution in [1.82, 2.24) is 24.7 Å². The van der Waals surface area contributed by atoms with Gasteiger partial charge in [-0.2, -0.15) is 4.68 Å². The predicted octanol–water partition coefficient (Wildman–Crippen LogP) is 1.91. The van der Waals surface area contributed by atoms with E-state index in [9.17, 15) is 0 Å². The van der Waals surface area contributed by atoms with Gasteiger partial charge in [-0.25, -0.2) is 15.0 Å². The van der Waals surface area contributed by atoms with E-state index in [2.05, 4.69) is 33.9 Å². The van der Waals surface area contributed by atoms with Gasteiger partial charge in [0.1, 0.15) is 0 Å². The van der Waals surface area contributed by atoms with Crippen molar-refractivity contribution in [3.8, 4) is 5.95 Å². The number of aromatic nitrogens is 5. The van der Waals surface area contributed by atoms with Crippen molar-refractivity contribution in [2.45, 2.75) is 20.3 Å². The van der Waals surface area contributed by atoms with Crippen LogP contribution in [-0.4, -0.2) is 24.7 Å². The van der Waals surface area contributed by atoms with Crippen LogP contribution in [-0.2, 0) is 6.42 Å². The molecule has 0 aliphatic heterocycles. The molecule has 0 aromatic carbocycles. The molecule has 0 saturated heterocycles. The molecule has 0 amide bonds. The van der Waals surface area contributed by atoms with Crippen molar-refractivity contribution in [3.05, 3.63) is 29.6 Å². The van der Waals surface area contributed by atoms with Crippen molar-refractivity contribution in [2.24, 2.45) is 5.92 Å². The molecular weight excluding hydrogens is 226 g/mol. The second-order valence-corrected chi connectivity index (χ2v) is 4.19. The summed E-state index contributed by atoms with van der Waals surface area (Å²) in [5.74, 6) is 1.64. The van der Waals surface area contributed by atoms with Crippen molar-refractivity contribution in [1.29, 1.82) is 0 Å². The van der Waals surface area contributed by atoms with E-state index < -0.39 is 0 Å². The molecule has 0 radical (unpaired) electrons. The normalized spacial score (nSPS) is 11.0. The Kier molecular flexibility index (Phi) is 3.14. The minimum atomic E-state index is 0.293. The minimum absolute atomic E-state index is 0.293.